The molecule has 2 heterocycles. The molecule has 0 unspecified atom stereocenters. The largest absolute Gasteiger partial charge is 0.494 e. The zero-order chi connectivity index (χ0) is 31.4. The zero-order valence-electron chi connectivity index (χ0n) is 24.6. The van der Waals surface area contributed by atoms with E-state index in [9.17, 15) is 14.0 Å². The van der Waals surface area contributed by atoms with Crippen molar-refractivity contribution in [2.45, 2.75) is 33.4 Å². The number of allylic oxidation sites excluding steroid dienone is 1. The van der Waals surface area contributed by atoms with Crippen LogP contribution < -0.4 is 29.1 Å². The molecule has 0 saturated carbocycles. The van der Waals surface area contributed by atoms with E-state index in [1.54, 1.807) is 39.2 Å². The maximum Gasteiger partial charge on any atom is 0.338 e. The van der Waals surface area contributed by atoms with Gasteiger partial charge in [0.2, 0.25) is 0 Å². The molecule has 5 rings (SSSR count). The van der Waals surface area contributed by atoms with Crippen LogP contribution in [-0.4, -0.2) is 30.9 Å². The van der Waals surface area contributed by atoms with Crippen LogP contribution in [0.1, 0.15) is 43.5 Å². The lowest BCUT2D eigenvalue weighted by atomic mass is 9.96. The standard InChI is InChI=1S/C33H30FIN2O6S/c1-5-41-25-13-9-21(10-14-25)29-28(32(39)42-6-2)19(3)36-33-37(29)31(38)27(44-33)16-22-15-24(35)17-26(40-4)30(22)43-18-20-7-11-23(34)12-8-20/h7-17,29H,5-6,18H2,1-4H3/b27-16-/t29-/m0/s1. The first kappa shape index (κ1) is 31.5. The molecule has 0 N–H and O–H groups in total. The van der Waals surface area contributed by atoms with Crippen LogP contribution in [0.4, 0.5) is 4.39 Å². The van der Waals surface area contributed by atoms with Gasteiger partial charge in [0.1, 0.15) is 18.2 Å². The Balaban J connectivity index is 1.64. The molecule has 44 heavy (non-hydrogen) atoms. The molecule has 0 spiro atoms. The summed E-state index contributed by atoms with van der Waals surface area (Å²) in [5.41, 5.74) is 2.58. The Morgan fingerprint density at radius 2 is 1.80 bits per heavy atom. The highest BCUT2D eigenvalue weighted by molar-refractivity contribution is 14.1. The number of methoxy groups -OCH3 is 1. The molecule has 1 atom stereocenters. The minimum atomic E-state index is -0.747. The minimum Gasteiger partial charge on any atom is -0.494 e. The molecule has 1 aliphatic rings. The summed E-state index contributed by atoms with van der Waals surface area (Å²) in [6.07, 6.45) is 1.74. The van der Waals surface area contributed by atoms with Crippen LogP contribution in [0.3, 0.4) is 0 Å². The lowest BCUT2D eigenvalue weighted by molar-refractivity contribution is -0.139. The fraction of sp³-hybridized carbons (Fsp3) is 0.242. The SMILES string of the molecule is CCOC(=O)C1=C(C)N=c2s/c(=C\c3cc(I)cc(OC)c3OCc3ccc(F)cc3)c(=O)n2[C@H]1c1ccc(OCC)cc1. The summed E-state index contributed by atoms with van der Waals surface area (Å²) < 4.78 is 39.0. The summed E-state index contributed by atoms with van der Waals surface area (Å²) >= 11 is 3.40. The average molecular weight is 729 g/mol. The molecule has 0 aliphatic carbocycles. The molecule has 1 aliphatic heterocycles. The number of thiazole rings is 1. The van der Waals surface area contributed by atoms with E-state index in [4.69, 9.17) is 18.9 Å². The number of ether oxygens (including phenoxy) is 4. The quantitative estimate of drug-likeness (QED) is 0.158. The van der Waals surface area contributed by atoms with Gasteiger partial charge in [0.15, 0.2) is 16.3 Å². The highest BCUT2D eigenvalue weighted by Gasteiger charge is 2.33. The molecule has 3 aromatic carbocycles. The highest BCUT2D eigenvalue weighted by Crippen LogP contribution is 2.35. The van der Waals surface area contributed by atoms with Crippen molar-refractivity contribution in [2.75, 3.05) is 20.3 Å². The molecule has 1 aromatic heterocycles. The normalized spacial score (nSPS) is 14.6. The number of halogens is 2. The number of carbonyl (C=O) groups excluding carboxylic acids is 1. The molecule has 0 bridgehead atoms. The number of aromatic nitrogens is 1. The maximum atomic E-state index is 14.1. The number of hydrogen-bond acceptors (Lipinski definition) is 8. The van der Waals surface area contributed by atoms with Crippen molar-refractivity contribution < 1.29 is 28.1 Å². The van der Waals surface area contributed by atoms with Crippen LogP contribution in [0.5, 0.6) is 17.2 Å². The Morgan fingerprint density at radius 3 is 2.45 bits per heavy atom. The Morgan fingerprint density at radius 1 is 1.07 bits per heavy atom. The van der Waals surface area contributed by atoms with E-state index in [1.165, 1.54) is 28.0 Å². The second-order valence-electron chi connectivity index (χ2n) is 9.75. The average Bonchev–Trinajstić information content (AvgIpc) is 3.31. The highest BCUT2D eigenvalue weighted by atomic mass is 127. The van der Waals surface area contributed by atoms with Gasteiger partial charge in [-0.25, -0.2) is 14.2 Å². The second-order valence-corrected chi connectivity index (χ2v) is 12.0. The number of esters is 1. The summed E-state index contributed by atoms with van der Waals surface area (Å²) in [4.78, 5) is 32.5. The van der Waals surface area contributed by atoms with E-state index >= 15 is 0 Å². The summed E-state index contributed by atoms with van der Waals surface area (Å²) in [6, 6.07) is 16.3. The number of rotatable bonds is 10. The third kappa shape index (κ3) is 6.58. The van der Waals surface area contributed by atoms with Gasteiger partial charge in [0, 0.05) is 9.13 Å². The van der Waals surface area contributed by atoms with Gasteiger partial charge in [-0.2, -0.15) is 0 Å². The first-order chi connectivity index (χ1) is 21.2. The van der Waals surface area contributed by atoms with Crippen molar-refractivity contribution in [3.05, 3.63) is 118 Å². The van der Waals surface area contributed by atoms with Gasteiger partial charge in [-0.3, -0.25) is 9.36 Å². The molecular formula is C33H30FIN2O6S. The summed E-state index contributed by atoms with van der Waals surface area (Å²) in [5, 5.41) is 0. The first-order valence-electron chi connectivity index (χ1n) is 13.9. The van der Waals surface area contributed by atoms with E-state index in [2.05, 4.69) is 27.6 Å². The van der Waals surface area contributed by atoms with E-state index in [1.807, 2.05) is 43.3 Å². The fourth-order valence-corrected chi connectivity index (χ4v) is 6.56. The Labute approximate surface area is 271 Å². The summed E-state index contributed by atoms with van der Waals surface area (Å²) in [6.45, 7) is 6.25. The number of benzene rings is 3. The predicted molar refractivity (Wildman–Crippen MR) is 174 cm³/mol. The van der Waals surface area contributed by atoms with Gasteiger partial charge in [0.25, 0.3) is 5.56 Å². The van der Waals surface area contributed by atoms with E-state index in [0.717, 1.165) is 14.7 Å². The molecule has 228 valence electrons. The van der Waals surface area contributed by atoms with Crippen molar-refractivity contribution >= 4 is 46.0 Å². The Kier molecular flexibility index (Phi) is 9.84. The third-order valence-corrected chi connectivity index (χ3v) is 8.48. The van der Waals surface area contributed by atoms with Crippen LogP contribution in [0.15, 0.2) is 81.7 Å². The van der Waals surface area contributed by atoms with Crippen LogP contribution in [0, 0.1) is 9.39 Å². The Hall–Kier alpha value is -3.97. The van der Waals surface area contributed by atoms with Gasteiger partial charge >= 0.3 is 5.97 Å². The van der Waals surface area contributed by atoms with Crippen molar-refractivity contribution in [3.63, 3.8) is 0 Å². The van der Waals surface area contributed by atoms with E-state index in [0.29, 0.717) is 50.0 Å². The molecule has 0 fully saturated rings. The van der Waals surface area contributed by atoms with Gasteiger partial charge in [-0.15, -0.1) is 0 Å². The number of nitrogens with zero attached hydrogens (tertiary/aromatic N) is 2. The molecular weight excluding hydrogens is 698 g/mol. The van der Waals surface area contributed by atoms with Crippen LogP contribution in [-0.2, 0) is 16.1 Å². The zero-order valence-corrected chi connectivity index (χ0v) is 27.5. The van der Waals surface area contributed by atoms with Gasteiger partial charge in [0.05, 0.1) is 42.2 Å². The molecule has 0 saturated heterocycles. The fourth-order valence-electron chi connectivity index (χ4n) is 4.90. The molecule has 0 radical (unpaired) electrons. The van der Waals surface area contributed by atoms with Crippen molar-refractivity contribution in [1.29, 1.82) is 0 Å². The molecule has 4 aromatic rings. The lowest BCUT2D eigenvalue weighted by Crippen LogP contribution is -2.39. The summed E-state index contributed by atoms with van der Waals surface area (Å²) in [5.74, 6) is 0.755. The third-order valence-electron chi connectivity index (χ3n) is 6.88. The van der Waals surface area contributed by atoms with E-state index < -0.39 is 12.0 Å². The van der Waals surface area contributed by atoms with Crippen molar-refractivity contribution in [1.82, 2.24) is 4.57 Å². The lowest BCUT2D eigenvalue weighted by Gasteiger charge is -2.24. The Bertz CT molecular complexity index is 1900. The van der Waals surface area contributed by atoms with Crippen LogP contribution in [0.25, 0.3) is 6.08 Å². The first-order valence-corrected chi connectivity index (χ1v) is 15.8. The summed E-state index contributed by atoms with van der Waals surface area (Å²) in [7, 11) is 1.55. The monoisotopic (exact) mass is 728 g/mol. The predicted octanol–water partition coefficient (Wildman–Crippen LogP) is 5.53. The smallest absolute Gasteiger partial charge is 0.338 e. The molecule has 8 nitrogen and oxygen atoms in total. The van der Waals surface area contributed by atoms with Crippen LogP contribution >= 0.6 is 33.9 Å². The number of hydrogen-bond donors (Lipinski definition) is 0. The van der Waals surface area contributed by atoms with Gasteiger partial charge in [-0.05, 0) is 97.0 Å². The van der Waals surface area contributed by atoms with Gasteiger partial charge in [-0.1, -0.05) is 35.6 Å². The maximum absolute atomic E-state index is 14.1. The number of fused-ring (bicyclic) bond motifs is 1. The van der Waals surface area contributed by atoms with Gasteiger partial charge < -0.3 is 18.9 Å². The molecule has 0 amide bonds. The minimum absolute atomic E-state index is 0.166. The number of carbonyl (C=O) groups is 1. The van der Waals surface area contributed by atoms with E-state index in [-0.39, 0.29) is 24.6 Å². The topological polar surface area (TPSA) is 88.4 Å². The second kappa shape index (κ2) is 13.8. The van der Waals surface area contributed by atoms with Crippen molar-refractivity contribution in [2.24, 2.45) is 4.99 Å². The van der Waals surface area contributed by atoms with Crippen molar-refractivity contribution in [3.8, 4) is 17.2 Å². The van der Waals surface area contributed by atoms with Crippen LogP contribution in [0.2, 0.25) is 0 Å². The molecule has 11 heteroatoms.